The van der Waals surface area contributed by atoms with E-state index in [0.717, 1.165) is 5.69 Å². The summed E-state index contributed by atoms with van der Waals surface area (Å²) < 4.78 is 5.17. The summed E-state index contributed by atoms with van der Waals surface area (Å²) in [6.45, 7) is 7.86. The van der Waals surface area contributed by atoms with Crippen LogP contribution in [0.1, 0.15) is 38.6 Å². The van der Waals surface area contributed by atoms with Crippen molar-refractivity contribution in [1.29, 1.82) is 0 Å². The molecule has 1 aromatic rings. The van der Waals surface area contributed by atoms with Crippen LogP contribution < -0.4 is 5.32 Å². The van der Waals surface area contributed by atoms with Gasteiger partial charge in [-0.1, -0.05) is 25.9 Å². The third-order valence-electron chi connectivity index (χ3n) is 3.54. The topological polar surface area (TPSA) is 75.4 Å². The van der Waals surface area contributed by atoms with E-state index in [-0.39, 0.29) is 24.3 Å². The van der Waals surface area contributed by atoms with Crippen LogP contribution in [0.3, 0.4) is 0 Å². The molecule has 0 aromatic carbocycles. The smallest absolute Gasteiger partial charge is 0.246 e. The predicted octanol–water partition coefficient (Wildman–Crippen LogP) is 1.24. The minimum Gasteiger partial charge on any atom is -0.359 e. The van der Waals surface area contributed by atoms with Crippen molar-refractivity contribution in [3.05, 3.63) is 17.5 Å². The number of piperazine rings is 1. The molecule has 2 atom stereocenters. The number of aryl methyl sites for hydroxylation is 1. The van der Waals surface area contributed by atoms with Crippen molar-refractivity contribution in [3.63, 3.8) is 0 Å². The van der Waals surface area contributed by atoms with Crippen LogP contribution in [0.15, 0.2) is 10.6 Å². The van der Waals surface area contributed by atoms with Gasteiger partial charge in [-0.15, -0.1) is 0 Å². The molecule has 2 amide bonds. The van der Waals surface area contributed by atoms with E-state index in [2.05, 4.69) is 10.5 Å². The molecule has 2 unspecified atom stereocenters. The molecule has 0 bridgehead atoms. The van der Waals surface area contributed by atoms with E-state index in [0.29, 0.717) is 12.2 Å². The first kappa shape index (κ1) is 14.6. The molecule has 1 N–H and O–H groups in total. The molecule has 2 heterocycles. The van der Waals surface area contributed by atoms with Crippen LogP contribution in [-0.2, 0) is 16.1 Å². The van der Waals surface area contributed by atoms with E-state index in [4.69, 9.17) is 4.52 Å². The van der Waals surface area contributed by atoms with Crippen molar-refractivity contribution in [2.75, 3.05) is 0 Å². The first-order chi connectivity index (χ1) is 9.43. The van der Waals surface area contributed by atoms with Crippen LogP contribution in [0.4, 0.5) is 0 Å². The molecular weight excluding hydrogens is 258 g/mol. The van der Waals surface area contributed by atoms with Gasteiger partial charge in [0, 0.05) is 6.07 Å². The van der Waals surface area contributed by atoms with Gasteiger partial charge in [0.05, 0.1) is 12.2 Å². The number of carbonyl (C=O) groups is 2. The second-order valence-electron chi connectivity index (χ2n) is 5.56. The Bertz CT molecular complexity index is 510. The predicted molar refractivity (Wildman–Crippen MR) is 72.6 cm³/mol. The number of nitrogens with one attached hydrogen (secondary N) is 1. The summed E-state index contributed by atoms with van der Waals surface area (Å²) in [5.41, 5.74) is 0.766. The second-order valence-corrected chi connectivity index (χ2v) is 5.56. The highest BCUT2D eigenvalue weighted by molar-refractivity contribution is 5.97. The number of carbonyl (C=O) groups excluding carboxylic acids is 2. The van der Waals surface area contributed by atoms with Gasteiger partial charge < -0.3 is 14.7 Å². The van der Waals surface area contributed by atoms with Gasteiger partial charge in [0.25, 0.3) is 0 Å². The molecule has 1 saturated heterocycles. The molecule has 0 saturated carbocycles. The molecule has 0 spiro atoms. The molecule has 1 aliphatic heterocycles. The zero-order valence-corrected chi connectivity index (χ0v) is 12.3. The first-order valence-electron chi connectivity index (χ1n) is 6.97. The van der Waals surface area contributed by atoms with Crippen molar-refractivity contribution in [2.45, 2.75) is 52.7 Å². The Labute approximate surface area is 118 Å². The fourth-order valence-corrected chi connectivity index (χ4v) is 2.57. The summed E-state index contributed by atoms with van der Waals surface area (Å²) in [6, 6.07) is 0.884. The summed E-state index contributed by atoms with van der Waals surface area (Å²) in [7, 11) is 0. The highest BCUT2D eigenvalue weighted by Crippen LogP contribution is 2.21. The number of hydrogen-bond acceptors (Lipinski definition) is 4. The van der Waals surface area contributed by atoms with Gasteiger partial charge in [-0.2, -0.15) is 0 Å². The average molecular weight is 279 g/mol. The minimum atomic E-state index is -0.462. The zero-order chi connectivity index (χ0) is 14.9. The molecule has 1 aromatic heterocycles. The Morgan fingerprint density at radius 2 is 2.15 bits per heavy atom. The monoisotopic (exact) mass is 279 g/mol. The summed E-state index contributed by atoms with van der Waals surface area (Å²) in [5.74, 6) is 0.495. The molecule has 110 valence electrons. The van der Waals surface area contributed by atoms with Crippen molar-refractivity contribution < 1.29 is 14.1 Å². The fraction of sp³-hybridized carbons (Fsp3) is 0.643. The second kappa shape index (κ2) is 5.64. The molecule has 6 nitrogen and oxygen atoms in total. The highest BCUT2D eigenvalue weighted by Gasteiger charge is 2.41. The van der Waals surface area contributed by atoms with E-state index >= 15 is 0 Å². The fourth-order valence-electron chi connectivity index (χ4n) is 2.57. The number of nitrogens with zero attached hydrogens (tertiary/aromatic N) is 2. The highest BCUT2D eigenvalue weighted by atomic mass is 16.5. The van der Waals surface area contributed by atoms with Crippen molar-refractivity contribution >= 4 is 11.8 Å². The SMILES string of the molecule is CCC1NC(=O)C(C(C)C)N(Cc2cc(C)no2)C1=O. The van der Waals surface area contributed by atoms with Gasteiger partial charge in [0.2, 0.25) is 11.8 Å². The normalized spacial score (nSPS) is 23.4. The maximum atomic E-state index is 12.5. The summed E-state index contributed by atoms with van der Waals surface area (Å²) in [5, 5.41) is 6.61. The number of amides is 2. The lowest BCUT2D eigenvalue weighted by Crippen LogP contribution is -2.64. The Morgan fingerprint density at radius 1 is 1.45 bits per heavy atom. The zero-order valence-electron chi connectivity index (χ0n) is 12.3. The molecule has 1 fully saturated rings. The molecule has 6 heteroatoms. The molecule has 0 radical (unpaired) electrons. The van der Waals surface area contributed by atoms with E-state index < -0.39 is 12.1 Å². The number of hydrogen-bond donors (Lipinski definition) is 1. The van der Waals surface area contributed by atoms with Crippen LogP contribution in [0.5, 0.6) is 0 Å². The molecule has 1 aliphatic rings. The van der Waals surface area contributed by atoms with Gasteiger partial charge >= 0.3 is 0 Å². The Hall–Kier alpha value is -1.85. The lowest BCUT2D eigenvalue weighted by Gasteiger charge is -2.40. The Morgan fingerprint density at radius 3 is 2.65 bits per heavy atom. The average Bonchev–Trinajstić information content (AvgIpc) is 2.78. The number of rotatable bonds is 4. The van der Waals surface area contributed by atoms with Crippen molar-refractivity contribution in [1.82, 2.24) is 15.4 Å². The molecular formula is C14H21N3O3. The van der Waals surface area contributed by atoms with E-state index in [1.807, 2.05) is 27.7 Å². The van der Waals surface area contributed by atoms with Crippen LogP contribution in [0, 0.1) is 12.8 Å². The third kappa shape index (κ3) is 2.69. The summed E-state index contributed by atoms with van der Waals surface area (Å²) in [4.78, 5) is 26.3. The standard InChI is InChI=1S/C14H21N3O3/c1-5-11-14(19)17(7-10-6-9(4)16-20-10)12(8(2)3)13(18)15-11/h6,8,11-12H,5,7H2,1-4H3,(H,15,18). The van der Waals surface area contributed by atoms with Gasteiger partial charge in [-0.25, -0.2) is 0 Å². The van der Waals surface area contributed by atoms with Crippen molar-refractivity contribution in [3.8, 4) is 0 Å². The van der Waals surface area contributed by atoms with E-state index in [9.17, 15) is 9.59 Å². The maximum absolute atomic E-state index is 12.5. The Balaban J connectivity index is 2.27. The van der Waals surface area contributed by atoms with Gasteiger partial charge in [0.15, 0.2) is 5.76 Å². The van der Waals surface area contributed by atoms with Crippen LogP contribution in [0.25, 0.3) is 0 Å². The summed E-state index contributed by atoms with van der Waals surface area (Å²) in [6.07, 6.45) is 0.585. The van der Waals surface area contributed by atoms with Gasteiger partial charge in [-0.3, -0.25) is 9.59 Å². The molecule has 2 rings (SSSR count). The Kier molecular flexibility index (Phi) is 4.11. The summed E-state index contributed by atoms with van der Waals surface area (Å²) >= 11 is 0. The third-order valence-corrected chi connectivity index (χ3v) is 3.54. The van der Waals surface area contributed by atoms with Crippen LogP contribution in [-0.4, -0.2) is 34.0 Å². The van der Waals surface area contributed by atoms with E-state index in [1.54, 1.807) is 11.0 Å². The van der Waals surface area contributed by atoms with Gasteiger partial charge in [-0.05, 0) is 19.3 Å². The number of aromatic nitrogens is 1. The maximum Gasteiger partial charge on any atom is 0.246 e. The van der Waals surface area contributed by atoms with Crippen molar-refractivity contribution in [2.24, 2.45) is 5.92 Å². The molecule has 20 heavy (non-hydrogen) atoms. The van der Waals surface area contributed by atoms with Crippen LogP contribution in [0.2, 0.25) is 0 Å². The lowest BCUT2D eigenvalue weighted by atomic mass is 9.96. The van der Waals surface area contributed by atoms with E-state index in [1.165, 1.54) is 0 Å². The first-order valence-corrected chi connectivity index (χ1v) is 6.97. The molecule has 0 aliphatic carbocycles. The minimum absolute atomic E-state index is 0.0424. The largest absolute Gasteiger partial charge is 0.359 e. The van der Waals surface area contributed by atoms with Gasteiger partial charge in [0.1, 0.15) is 12.1 Å². The van der Waals surface area contributed by atoms with Crippen LogP contribution >= 0.6 is 0 Å². The quantitative estimate of drug-likeness (QED) is 0.900. The lowest BCUT2D eigenvalue weighted by molar-refractivity contribution is -0.152.